The van der Waals surface area contributed by atoms with E-state index in [0.717, 1.165) is 23.8 Å². The lowest BCUT2D eigenvalue weighted by Crippen LogP contribution is -2.50. The smallest absolute Gasteiger partial charge is 0.432 e. The van der Waals surface area contributed by atoms with E-state index in [-0.39, 0.29) is 22.8 Å². The highest BCUT2D eigenvalue weighted by Gasteiger charge is 2.62. The highest BCUT2D eigenvalue weighted by atomic mass is 32.2. The lowest BCUT2D eigenvalue weighted by molar-refractivity contribution is -0.267. The number of rotatable bonds is 6. The zero-order valence-electron chi connectivity index (χ0n) is 17.3. The van der Waals surface area contributed by atoms with Gasteiger partial charge in [0.25, 0.3) is 15.6 Å². The van der Waals surface area contributed by atoms with Crippen molar-refractivity contribution in [1.82, 2.24) is 4.72 Å². The highest BCUT2D eigenvalue weighted by molar-refractivity contribution is 7.90. The van der Waals surface area contributed by atoms with E-state index >= 15 is 0 Å². The molecule has 0 aromatic heterocycles. The van der Waals surface area contributed by atoms with E-state index in [1.807, 2.05) is 0 Å². The first-order valence-corrected chi connectivity index (χ1v) is 10.7. The van der Waals surface area contributed by atoms with E-state index in [2.05, 4.69) is 10.1 Å². The van der Waals surface area contributed by atoms with Crippen LogP contribution in [0.4, 0.5) is 23.7 Å². The molecule has 32 heavy (non-hydrogen) atoms. The van der Waals surface area contributed by atoms with Crippen molar-refractivity contribution >= 4 is 27.7 Å². The number of hydrogen-bond donors (Lipinski definition) is 3. The average Bonchev–Trinajstić information content (AvgIpc) is 2.68. The molecule has 0 unspecified atom stereocenters. The SMILES string of the molecule is CCOC(=O)[C@](O)(c1ccc(NC(=O)NS(=O)(=O)c2ccc(C)cc2)c(C)c1)C(F)(F)F. The Bertz CT molecular complexity index is 1120. The minimum absolute atomic E-state index is 0.0253. The summed E-state index contributed by atoms with van der Waals surface area (Å²) in [7, 11) is -4.19. The number of aliphatic hydroxyl groups is 1. The van der Waals surface area contributed by atoms with Crippen molar-refractivity contribution in [1.29, 1.82) is 0 Å². The molecule has 2 aromatic rings. The Morgan fingerprint density at radius 1 is 1.06 bits per heavy atom. The number of alkyl halides is 3. The fraction of sp³-hybridized carbons (Fsp3) is 0.300. The van der Waals surface area contributed by atoms with E-state index in [1.54, 1.807) is 23.8 Å². The number of nitrogens with one attached hydrogen (secondary N) is 2. The molecule has 0 saturated heterocycles. The minimum atomic E-state index is -5.37. The van der Waals surface area contributed by atoms with Crippen LogP contribution >= 0.6 is 0 Å². The standard InChI is InChI=1S/C20H21F3N2O6S/c1-4-31-17(26)19(28,20(21,22)23)14-7-10-16(13(3)11-14)24-18(27)25-32(29,30)15-8-5-12(2)6-9-15/h5-11,28H,4H2,1-3H3,(H2,24,25,27)/t19-/m1/s1. The summed E-state index contributed by atoms with van der Waals surface area (Å²) in [6, 6.07) is 7.16. The number of ether oxygens (including phenoxy) is 1. The highest BCUT2D eigenvalue weighted by Crippen LogP contribution is 2.41. The Hall–Kier alpha value is -3.12. The summed E-state index contributed by atoms with van der Waals surface area (Å²) < 4.78 is 71.2. The predicted molar refractivity (Wildman–Crippen MR) is 108 cm³/mol. The second kappa shape index (κ2) is 9.17. The summed E-state index contributed by atoms with van der Waals surface area (Å²) in [4.78, 5) is 23.9. The van der Waals surface area contributed by atoms with Gasteiger partial charge in [-0.3, -0.25) is 0 Å². The molecule has 8 nitrogen and oxygen atoms in total. The van der Waals surface area contributed by atoms with E-state index in [9.17, 15) is 36.3 Å². The van der Waals surface area contributed by atoms with Crippen LogP contribution in [0.1, 0.15) is 23.6 Å². The first-order chi connectivity index (χ1) is 14.7. The number of anilines is 1. The van der Waals surface area contributed by atoms with Gasteiger partial charge in [0.05, 0.1) is 11.5 Å². The number of sulfonamides is 1. The molecule has 0 bridgehead atoms. The third kappa shape index (κ3) is 5.19. The zero-order chi connectivity index (χ0) is 24.3. The number of esters is 1. The molecular weight excluding hydrogens is 453 g/mol. The number of halogens is 3. The van der Waals surface area contributed by atoms with Crippen molar-refractivity contribution in [3.8, 4) is 0 Å². The molecule has 0 spiro atoms. The van der Waals surface area contributed by atoms with Crippen LogP contribution in [-0.2, 0) is 25.2 Å². The zero-order valence-corrected chi connectivity index (χ0v) is 18.1. The van der Waals surface area contributed by atoms with Crippen molar-refractivity contribution in [2.45, 2.75) is 37.4 Å². The predicted octanol–water partition coefficient (Wildman–Crippen LogP) is 3.13. The van der Waals surface area contributed by atoms with Crippen molar-refractivity contribution < 1.29 is 41.0 Å². The number of amides is 2. The van der Waals surface area contributed by atoms with E-state index in [4.69, 9.17) is 0 Å². The van der Waals surface area contributed by atoms with Gasteiger partial charge in [-0.15, -0.1) is 0 Å². The largest absolute Gasteiger partial charge is 0.463 e. The Labute approximate surface area is 182 Å². The van der Waals surface area contributed by atoms with Crippen LogP contribution in [0.25, 0.3) is 0 Å². The van der Waals surface area contributed by atoms with Gasteiger partial charge in [-0.1, -0.05) is 29.8 Å². The molecule has 174 valence electrons. The molecule has 2 amide bonds. The second-order valence-electron chi connectivity index (χ2n) is 6.83. The topological polar surface area (TPSA) is 122 Å². The van der Waals surface area contributed by atoms with Gasteiger partial charge in [-0.2, -0.15) is 13.2 Å². The molecule has 3 N–H and O–H groups in total. The number of urea groups is 1. The molecule has 12 heteroatoms. The van der Waals surface area contributed by atoms with Gasteiger partial charge < -0.3 is 15.2 Å². The second-order valence-corrected chi connectivity index (χ2v) is 8.51. The van der Waals surface area contributed by atoms with Crippen LogP contribution in [-0.4, -0.2) is 38.3 Å². The van der Waals surface area contributed by atoms with Gasteiger partial charge in [-0.25, -0.2) is 22.7 Å². The summed E-state index contributed by atoms with van der Waals surface area (Å²) in [6.07, 6.45) is -5.37. The Morgan fingerprint density at radius 2 is 1.66 bits per heavy atom. The number of aryl methyl sites for hydroxylation is 2. The van der Waals surface area contributed by atoms with Crippen LogP contribution in [0.15, 0.2) is 47.4 Å². The third-order valence-electron chi connectivity index (χ3n) is 4.43. The van der Waals surface area contributed by atoms with Gasteiger partial charge >= 0.3 is 18.2 Å². The molecule has 0 saturated carbocycles. The van der Waals surface area contributed by atoms with E-state index in [1.165, 1.54) is 26.0 Å². The first kappa shape index (κ1) is 25.1. The number of carbonyl (C=O) groups is 2. The van der Waals surface area contributed by atoms with Crippen molar-refractivity contribution in [2.75, 3.05) is 11.9 Å². The molecule has 0 fully saturated rings. The monoisotopic (exact) mass is 474 g/mol. The van der Waals surface area contributed by atoms with Gasteiger partial charge in [0.15, 0.2) is 0 Å². The lowest BCUT2D eigenvalue weighted by atomic mass is 9.91. The summed E-state index contributed by atoms with van der Waals surface area (Å²) in [6.45, 7) is 3.96. The van der Waals surface area contributed by atoms with Gasteiger partial charge in [0.1, 0.15) is 0 Å². The molecule has 0 aliphatic heterocycles. The Kier molecular flexibility index (Phi) is 7.20. The van der Waals surface area contributed by atoms with Crippen LogP contribution in [0.3, 0.4) is 0 Å². The van der Waals surface area contributed by atoms with Crippen molar-refractivity contribution in [2.24, 2.45) is 0 Å². The molecule has 0 heterocycles. The van der Waals surface area contributed by atoms with Crippen LogP contribution in [0, 0.1) is 13.8 Å². The van der Waals surface area contributed by atoms with Crippen LogP contribution in [0.2, 0.25) is 0 Å². The summed E-state index contributed by atoms with van der Waals surface area (Å²) >= 11 is 0. The van der Waals surface area contributed by atoms with Crippen molar-refractivity contribution in [3.05, 3.63) is 59.2 Å². The third-order valence-corrected chi connectivity index (χ3v) is 5.78. The summed E-state index contributed by atoms with van der Waals surface area (Å²) in [5.74, 6) is -1.89. The fourth-order valence-corrected chi connectivity index (χ4v) is 3.62. The molecule has 1 atom stereocenters. The number of benzene rings is 2. The molecule has 0 aliphatic carbocycles. The maximum Gasteiger partial charge on any atom is 0.432 e. The van der Waals surface area contributed by atoms with Crippen LogP contribution in [0.5, 0.6) is 0 Å². The number of hydrogen-bond acceptors (Lipinski definition) is 6. The molecule has 0 aliphatic rings. The van der Waals surface area contributed by atoms with Crippen LogP contribution < -0.4 is 10.0 Å². The van der Waals surface area contributed by atoms with E-state index < -0.39 is 39.4 Å². The first-order valence-electron chi connectivity index (χ1n) is 9.20. The van der Waals surface area contributed by atoms with Gasteiger partial charge in [0, 0.05) is 11.3 Å². The lowest BCUT2D eigenvalue weighted by Gasteiger charge is -2.29. The minimum Gasteiger partial charge on any atom is -0.463 e. The molecular formula is C20H21F3N2O6S. The maximum atomic E-state index is 13.5. The Balaban J connectivity index is 2.27. The molecule has 0 radical (unpaired) electrons. The fourth-order valence-electron chi connectivity index (χ4n) is 2.71. The van der Waals surface area contributed by atoms with Gasteiger partial charge in [0.2, 0.25) is 0 Å². The average molecular weight is 474 g/mol. The van der Waals surface area contributed by atoms with E-state index in [0.29, 0.717) is 0 Å². The summed E-state index contributed by atoms with van der Waals surface area (Å²) in [5.41, 5.74) is -3.94. The molecule has 2 aromatic carbocycles. The maximum absolute atomic E-state index is 13.5. The normalized spacial score (nSPS) is 13.7. The summed E-state index contributed by atoms with van der Waals surface area (Å²) in [5, 5.41) is 12.3. The van der Waals surface area contributed by atoms with Gasteiger partial charge in [-0.05, 0) is 44.5 Å². The number of carbonyl (C=O) groups excluding carboxylic acids is 2. The Morgan fingerprint density at radius 3 is 2.16 bits per heavy atom. The quantitative estimate of drug-likeness (QED) is 0.553. The molecule has 2 rings (SSSR count). The van der Waals surface area contributed by atoms with Crippen molar-refractivity contribution in [3.63, 3.8) is 0 Å².